The van der Waals surface area contributed by atoms with Gasteiger partial charge in [-0.05, 0) is 48.3 Å². The van der Waals surface area contributed by atoms with Crippen LogP contribution in [-0.2, 0) is 0 Å². The van der Waals surface area contributed by atoms with E-state index in [9.17, 15) is 0 Å². The van der Waals surface area contributed by atoms with Gasteiger partial charge in [0.2, 0.25) is 0 Å². The maximum absolute atomic E-state index is 6.11. The highest BCUT2D eigenvalue weighted by molar-refractivity contribution is 14.1. The van der Waals surface area contributed by atoms with Crippen molar-refractivity contribution in [3.8, 4) is 0 Å². The van der Waals surface area contributed by atoms with Crippen molar-refractivity contribution in [2.45, 2.75) is 42.4 Å². The zero-order valence-electron chi connectivity index (χ0n) is 6.67. The highest BCUT2D eigenvalue weighted by Gasteiger charge is 2.31. The summed E-state index contributed by atoms with van der Waals surface area (Å²) in [5.74, 6) is 0. The summed E-state index contributed by atoms with van der Waals surface area (Å²) in [6.07, 6.45) is 4.77. The van der Waals surface area contributed by atoms with Crippen LogP contribution in [0.3, 0.4) is 0 Å². The Balaban J connectivity index is 2.02. The van der Waals surface area contributed by atoms with Gasteiger partial charge in [-0.3, -0.25) is 4.99 Å². The smallest absolute Gasteiger partial charge is 0.129 e. The molecule has 4 heteroatoms. The molecule has 2 unspecified atom stereocenters. The number of fused-ring (bicyclic) bond motifs is 1. The van der Waals surface area contributed by atoms with Gasteiger partial charge in [-0.1, -0.05) is 11.8 Å². The Bertz CT molecular complexity index is 209. The Morgan fingerprint density at radius 2 is 2.08 bits per heavy atom. The molecule has 0 aromatic rings. The minimum Gasteiger partial charge on any atom is -0.268 e. The standard InChI is InChI=1S/C8H11ClINS/c9-5-1-3-6-7(4-2-5)12-8(10)11-6/h5-7H,1-4H2/t5-,6?,7?/m1/s1. The van der Waals surface area contributed by atoms with Crippen molar-refractivity contribution in [1.29, 1.82) is 0 Å². The zero-order chi connectivity index (χ0) is 8.55. The molecule has 0 amide bonds. The Morgan fingerprint density at radius 3 is 2.92 bits per heavy atom. The van der Waals surface area contributed by atoms with E-state index in [1.165, 1.54) is 22.3 Å². The van der Waals surface area contributed by atoms with Gasteiger partial charge in [0.25, 0.3) is 0 Å². The Labute approximate surface area is 95.9 Å². The minimum atomic E-state index is 0.407. The van der Waals surface area contributed by atoms with Crippen LogP contribution in [0.25, 0.3) is 0 Å². The van der Waals surface area contributed by atoms with Crippen molar-refractivity contribution in [2.75, 3.05) is 0 Å². The first-order chi connectivity index (χ1) is 5.75. The topological polar surface area (TPSA) is 12.4 Å². The maximum atomic E-state index is 6.11. The lowest BCUT2D eigenvalue weighted by molar-refractivity contribution is 0.610. The number of rotatable bonds is 0. The molecule has 1 heterocycles. The van der Waals surface area contributed by atoms with Gasteiger partial charge in [-0.25, -0.2) is 0 Å². The summed E-state index contributed by atoms with van der Waals surface area (Å²) in [6, 6.07) is 0.575. The minimum absolute atomic E-state index is 0.407. The fraction of sp³-hybridized carbons (Fsp3) is 0.875. The quantitative estimate of drug-likeness (QED) is 0.493. The van der Waals surface area contributed by atoms with Crippen LogP contribution in [0.1, 0.15) is 25.7 Å². The Hall–Kier alpha value is 1.04. The summed E-state index contributed by atoms with van der Waals surface area (Å²) >= 11 is 10.4. The molecule has 0 aromatic carbocycles. The molecular weight excluding hydrogens is 305 g/mol. The summed E-state index contributed by atoms with van der Waals surface area (Å²) in [6.45, 7) is 0. The number of alkyl halides is 1. The molecule has 12 heavy (non-hydrogen) atoms. The molecule has 1 nitrogen and oxygen atoms in total. The second-order valence-electron chi connectivity index (χ2n) is 3.36. The molecule has 1 fully saturated rings. The van der Waals surface area contributed by atoms with E-state index < -0.39 is 0 Å². The van der Waals surface area contributed by atoms with Gasteiger partial charge < -0.3 is 0 Å². The van der Waals surface area contributed by atoms with Gasteiger partial charge in [0.1, 0.15) is 3.05 Å². The third kappa shape index (κ3) is 2.10. The van der Waals surface area contributed by atoms with Crippen molar-refractivity contribution in [3.05, 3.63) is 0 Å². The first-order valence-corrected chi connectivity index (χ1v) is 6.69. The predicted octanol–water partition coefficient (Wildman–Crippen LogP) is 3.44. The van der Waals surface area contributed by atoms with Crippen LogP contribution in [0.5, 0.6) is 0 Å². The highest BCUT2D eigenvalue weighted by Crippen LogP contribution is 2.38. The Morgan fingerprint density at radius 1 is 1.33 bits per heavy atom. The van der Waals surface area contributed by atoms with E-state index in [1.807, 2.05) is 11.8 Å². The van der Waals surface area contributed by atoms with Crippen molar-refractivity contribution >= 4 is 49.0 Å². The SMILES string of the molecule is Cl[C@@H]1CCC2N=C(I)SC2CC1. The monoisotopic (exact) mass is 315 g/mol. The van der Waals surface area contributed by atoms with Crippen LogP contribution in [0.4, 0.5) is 0 Å². The van der Waals surface area contributed by atoms with E-state index in [0.29, 0.717) is 11.4 Å². The van der Waals surface area contributed by atoms with Gasteiger partial charge in [0.05, 0.1) is 6.04 Å². The van der Waals surface area contributed by atoms with Crippen molar-refractivity contribution in [3.63, 3.8) is 0 Å². The lowest BCUT2D eigenvalue weighted by Gasteiger charge is -2.11. The first kappa shape index (κ1) is 9.59. The molecule has 0 spiro atoms. The molecule has 3 atom stereocenters. The molecule has 0 N–H and O–H groups in total. The fourth-order valence-corrected chi connectivity index (χ4v) is 4.43. The second-order valence-corrected chi connectivity index (χ2v) is 6.96. The molecule has 0 aromatic heterocycles. The van der Waals surface area contributed by atoms with E-state index in [-0.39, 0.29) is 0 Å². The first-order valence-electron chi connectivity index (χ1n) is 4.30. The van der Waals surface area contributed by atoms with Crippen molar-refractivity contribution in [2.24, 2.45) is 4.99 Å². The van der Waals surface area contributed by atoms with Crippen LogP contribution < -0.4 is 0 Å². The van der Waals surface area contributed by atoms with Crippen LogP contribution in [0.15, 0.2) is 4.99 Å². The number of aliphatic imine (C=N–C) groups is 1. The molecule has 1 aliphatic heterocycles. The molecule has 1 aliphatic carbocycles. The average molecular weight is 316 g/mol. The zero-order valence-corrected chi connectivity index (χ0v) is 10.4. The van der Waals surface area contributed by atoms with E-state index in [1.54, 1.807) is 0 Å². The molecule has 2 aliphatic rings. The van der Waals surface area contributed by atoms with Gasteiger partial charge in [0.15, 0.2) is 0 Å². The number of hydrogen-bond acceptors (Lipinski definition) is 2. The molecule has 2 rings (SSSR count). The van der Waals surface area contributed by atoms with E-state index in [2.05, 4.69) is 27.6 Å². The molecule has 1 saturated carbocycles. The largest absolute Gasteiger partial charge is 0.268 e. The fourth-order valence-electron chi connectivity index (χ4n) is 1.79. The van der Waals surface area contributed by atoms with Crippen LogP contribution in [-0.4, -0.2) is 19.7 Å². The van der Waals surface area contributed by atoms with Crippen LogP contribution in [0, 0.1) is 0 Å². The molecule has 0 saturated heterocycles. The van der Waals surface area contributed by atoms with Crippen molar-refractivity contribution in [1.82, 2.24) is 0 Å². The van der Waals surface area contributed by atoms with Gasteiger partial charge >= 0.3 is 0 Å². The normalized spacial score (nSPS) is 41.8. The third-order valence-corrected chi connectivity index (χ3v) is 5.12. The number of hydrogen-bond donors (Lipinski definition) is 0. The van der Waals surface area contributed by atoms with Gasteiger partial charge in [-0.2, -0.15) is 0 Å². The van der Waals surface area contributed by atoms with Gasteiger partial charge in [0, 0.05) is 10.6 Å². The van der Waals surface area contributed by atoms with Crippen LogP contribution in [0.2, 0.25) is 0 Å². The number of halogens is 2. The molecule has 0 radical (unpaired) electrons. The van der Waals surface area contributed by atoms with Gasteiger partial charge in [-0.15, -0.1) is 11.6 Å². The average Bonchev–Trinajstić information content (AvgIpc) is 2.31. The second kappa shape index (κ2) is 4.05. The predicted molar refractivity (Wildman–Crippen MR) is 64.7 cm³/mol. The molecule has 0 bridgehead atoms. The molecule has 68 valence electrons. The summed E-state index contributed by atoms with van der Waals surface area (Å²) in [4.78, 5) is 4.61. The van der Waals surface area contributed by atoms with E-state index in [0.717, 1.165) is 11.7 Å². The number of thioether (sulfide) groups is 1. The van der Waals surface area contributed by atoms with Crippen molar-refractivity contribution < 1.29 is 0 Å². The third-order valence-electron chi connectivity index (χ3n) is 2.49. The maximum Gasteiger partial charge on any atom is 0.129 e. The summed E-state index contributed by atoms with van der Waals surface area (Å²) in [5, 5.41) is 1.14. The molecular formula is C8H11ClINS. The lowest BCUT2D eigenvalue weighted by atomic mass is 10.1. The summed E-state index contributed by atoms with van der Waals surface area (Å²) < 4.78 is 1.25. The van der Waals surface area contributed by atoms with Crippen LogP contribution >= 0.6 is 46.0 Å². The number of nitrogens with zero attached hydrogens (tertiary/aromatic N) is 1. The summed E-state index contributed by atoms with van der Waals surface area (Å²) in [7, 11) is 0. The Kier molecular flexibility index (Phi) is 3.23. The lowest BCUT2D eigenvalue weighted by Crippen LogP contribution is -2.14. The van der Waals surface area contributed by atoms with E-state index >= 15 is 0 Å². The summed E-state index contributed by atoms with van der Waals surface area (Å²) in [5.41, 5.74) is 0. The van der Waals surface area contributed by atoms with E-state index in [4.69, 9.17) is 11.6 Å². The highest BCUT2D eigenvalue weighted by atomic mass is 127.